The van der Waals surface area contributed by atoms with Crippen molar-refractivity contribution in [3.63, 3.8) is 0 Å². The highest BCUT2D eigenvalue weighted by Crippen LogP contribution is 2.19. The van der Waals surface area contributed by atoms with Gasteiger partial charge in [0.1, 0.15) is 5.75 Å². The van der Waals surface area contributed by atoms with Crippen molar-refractivity contribution in [1.29, 1.82) is 0 Å². The van der Waals surface area contributed by atoms with Crippen LogP contribution in [0, 0.1) is 5.92 Å². The van der Waals surface area contributed by atoms with Gasteiger partial charge in [0.05, 0.1) is 0 Å². The number of aromatic hydroxyl groups is 1. The van der Waals surface area contributed by atoms with Crippen LogP contribution in [0.1, 0.15) is 45.7 Å². The molecule has 0 aromatic heterocycles. The second kappa shape index (κ2) is 5.90. The van der Waals surface area contributed by atoms with E-state index in [1.165, 1.54) is 6.42 Å². The molecular formula is C14H23NO. The van der Waals surface area contributed by atoms with E-state index in [0.29, 0.717) is 17.7 Å². The molecule has 3 unspecified atom stereocenters. The summed E-state index contributed by atoms with van der Waals surface area (Å²) in [7, 11) is 0. The average Bonchev–Trinajstić information content (AvgIpc) is 2.27. The number of phenols is 1. The molecule has 0 fully saturated rings. The molecule has 0 spiro atoms. The Balaban J connectivity index is 2.61. The van der Waals surface area contributed by atoms with E-state index in [9.17, 15) is 5.11 Å². The van der Waals surface area contributed by atoms with Gasteiger partial charge in [-0.3, -0.25) is 0 Å². The Labute approximate surface area is 98.7 Å². The molecule has 0 bridgehead atoms. The lowest BCUT2D eigenvalue weighted by molar-refractivity contribution is 0.359. The smallest absolute Gasteiger partial charge is 0.115 e. The molecule has 3 atom stereocenters. The van der Waals surface area contributed by atoms with Gasteiger partial charge in [-0.05, 0) is 37.5 Å². The Hall–Kier alpha value is -1.02. The highest BCUT2D eigenvalue weighted by atomic mass is 16.3. The Morgan fingerprint density at radius 2 is 1.94 bits per heavy atom. The third-order valence-corrected chi connectivity index (χ3v) is 3.38. The second-order valence-electron chi connectivity index (χ2n) is 4.66. The lowest BCUT2D eigenvalue weighted by Crippen LogP contribution is -2.33. The second-order valence-corrected chi connectivity index (χ2v) is 4.66. The topological polar surface area (TPSA) is 32.3 Å². The van der Waals surface area contributed by atoms with Gasteiger partial charge in [0.2, 0.25) is 0 Å². The normalized spacial score (nSPS) is 16.8. The maximum absolute atomic E-state index is 9.42. The Kier molecular flexibility index (Phi) is 4.81. The van der Waals surface area contributed by atoms with E-state index in [1.807, 2.05) is 18.2 Å². The third kappa shape index (κ3) is 3.53. The van der Waals surface area contributed by atoms with E-state index in [4.69, 9.17) is 0 Å². The van der Waals surface area contributed by atoms with Crippen LogP contribution in [0.15, 0.2) is 24.3 Å². The first-order chi connectivity index (χ1) is 7.54. The predicted molar refractivity (Wildman–Crippen MR) is 68.6 cm³/mol. The van der Waals surface area contributed by atoms with E-state index in [-0.39, 0.29) is 6.04 Å². The number of hydrogen-bond acceptors (Lipinski definition) is 2. The maximum atomic E-state index is 9.42. The standard InChI is InChI=1S/C14H23NO/c1-5-10(2)11(3)15-12(4)13-7-6-8-14(16)9-13/h6-12,15-16H,5H2,1-4H3. The zero-order chi connectivity index (χ0) is 12.1. The van der Waals surface area contributed by atoms with Gasteiger partial charge in [-0.2, -0.15) is 0 Å². The molecular weight excluding hydrogens is 198 g/mol. The minimum Gasteiger partial charge on any atom is -0.508 e. The summed E-state index contributed by atoms with van der Waals surface area (Å²) in [4.78, 5) is 0. The van der Waals surface area contributed by atoms with Gasteiger partial charge in [0.15, 0.2) is 0 Å². The Bertz CT molecular complexity index is 324. The van der Waals surface area contributed by atoms with Crippen molar-refractivity contribution in [1.82, 2.24) is 5.32 Å². The molecule has 90 valence electrons. The van der Waals surface area contributed by atoms with Gasteiger partial charge in [-0.25, -0.2) is 0 Å². The molecule has 1 aromatic carbocycles. The van der Waals surface area contributed by atoms with E-state index in [2.05, 4.69) is 33.0 Å². The number of benzene rings is 1. The van der Waals surface area contributed by atoms with Crippen LogP contribution in [0.5, 0.6) is 5.75 Å². The molecule has 0 amide bonds. The summed E-state index contributed by atoms with van der Waals surface area (Å²) in [5.74, 6) is 1.00. The van der Waals surface area contributed by atoms with Gasteiger partial charge in [-0.1, -0.05) is 32.4 Å². The lowest BCUT2D eigenvalue weighted by Gasteiger charge is -2.24. The summed E-state index contributed by atoms with van der Waals surface area (Å²) >= 11 is 0. The molecule has 0 aliphatic carbocycles. The predicted octanol–water partition coefficient (Wildman–Crippen LogP) is 3.48. The van der Waals surface area contributed by atoms with Crippen molar-refractivity contribution in [2.45, 2.75) is 46.2 Å². The zero-order valence-electron chi connectivity index (χ0n) is 10.7. The van der Waals surface area contributed by atoms with Crippen LogP contribution in [0.25, 0.3) is 0 Å². The molecule has 1 aromatic rings. The number of rotatable bonds is 5. The zero-order valence-corrected chi connectivity index (χ0v) is 10.7. The van der Waals surface area contributed by atoms with Gasteiger partial charge >= 0.3 is 0 Å². The fourth-order valence-corrected chi connectivity index (χ4v) is 1.80. The maximum Gasteiger partial charge on any atom is 0.115 e. The molecule has 0 saturated heterocycles. The van der Waals surface area contributed by atoms with Crippen LogP contribution < -0.4 is 5.32 Å². The Morgan fingerprint density at radius 3 is 2.50 bits per heavy atom. The molecule has 0 aliphatic rings. The van der Waals surface area contributed by atoms with Crippen molar-refractivity contribution >= 4 is 0 Å². The van der Waals surface area contributed by atoms with Crippen LogP contribution in [0.3, 0.4) is 0 Å². The summed E-state index contributed by atoms with van der Waals surface area (Å²) < 4.78 is 0. The minimum atomic E-state index is 0.274. The van der Waals surface area contributed by atoms with Crippen LogP contribution >= 0.6 is 0 Å². The fraction of sp³-hybridized carbons (Fsp3) is 0.571. The van der Waals surface area contributed by atoms with Crippen LogP contribution in [-0.2, 0) is 0 Å². The first kappa shape index (κ1) is 13.0. The Morgan fingerprint density at radius 1 is 1.25 bits per heavy atom. The van der Waals surface area contributed by atoms with Crippen molar-refractivity contribution in [2.24, 2.45) is 5.92 Å². The third-order valence-electron chi connectivity index (χ3n) is 3.38. The van der Waals surface area contributed by atoms with E-state index >= 15 is 0 Å². The molecule has 1 rings (SSSR count). The molecule has 0 saturated carbocycles. The number of phenolic OH excluding ortho intramolecular Hbond substituents is 1. The molecule has 0 radical (unpaired) electrons. The van der Waals surface area contributed by atoms with E-state index in [1.54, 1.807) is 6.07 Å². The van der Waals surface area contributed by atoms with Gasteiger partial charge < -0.3 is 10.4 Å². The molecule has 2 nitrogen and oxygen atoms in total. The van der Waals surface area contributed by atoms with E-state index in [0.717, 1.165) is 5.56 Å². The van der Waals surface area contributed by atoms with Crippen LogP contribution in [0.4, 0.5) is 0 Å². The fourth-order valence-electron chi connectivity index (χ4n) is 1.80. The summed E-state index contributed by atoms with van der Waals surface area (Å²) in [6.45, 7) is 8.82. The van der Waals surface area contributed by atoms with Crippen LogP contribution in [0.2, 0.25) is 0 Å². The molecule has 0 heterocycles. The molecule has 2 N–H and O–H groups in total. The molecule has 16 heavy (non-hydrogen) atoms. The van der Waals surface area contributed by atoms with Crippen molar-refractivity contribution in [3.8, 4) is 5.75 Å². The highest BCUT2D eigenvalue weighted by Gasteiger charge is 2.14. The largest absolute Gasteiger partial charge is 0.508 e. The van der Waals surface area contributed by atoms with Gasteiger partial charge in [0.25, 0.3) is 0 Å². The number of hydrogen-bond donors (Lipinski definition) is 2. The minimum absolute atomic E-state index is 0.274. The monoisotopic (exact) mass is 221 g/mol. The van der Waals surface area contributed by atoms with Crippen molar-refractivity contribution in [3.05, 3.63) is 29.8 Å². The SMILES string of the molecule is CCC(C)C(C)NC(C)c1cccc(O)c1. The summed E-state index contributed by atoms with van der Waals surface area (Å²) in [6, 6.07) is 8.21. The summed E-state index contributed by atoms with van der Waals surface area (Å²) in [6.07, 6.45) is 1.18. The van der Waals surface area contributed by atoms with E-state index < -0.39 is 0 Å². The first-order valence-electron chi connectivity index (χ1n) is 6.09. The van der Waals surface area contributed by atoms with Gasteiger partial charge in [-0.15, -0.1) is 0 Å². The summed E-state index contributed by atoms with van der Waals surface area (Å²) in [5, 5.41) is 13.0. The highest BCUT2D eigenvalue weighted by molar-refractivity contribution is 5.29. The lowest BCUT2D eigenvalue weighted by atomic mass is 9.99. The molecule has 2 heteroatoms. The van der Waals surface area contributed by atoms with Crippen molar-refractivity contribution in [2.75, 3.05) is 0 Å². The van der Waals surface area contributed by atoms with Crippen LogP contribution in [-0.4, -0.2) is 11.1 Å². The first-order valence-corrected chi connectivity index (χ1v) is 6.09. The van der Waals surface area contributed by atoms with Crippen molar-refractivity contribution < 1.29 is 5.11 Å². The quantitative estimate of drug-likeness (QED) is 0.798. The molecule has 0 aliphatic heterocycles. The van der Waals surface area contributed by atoms with Gasteiger partial charge in [0, 0.05) is 12.1 Å². The summed E-state index contributed by atoms with van der Waals surface area (Å²) in [5.41, 5.74) is 1.13. The average molecular weight is 221 g/mol. The number of nitrogens with one attached hydrogen (secondary N) is 1.